The van der Waals surface area contributed by atoms with Crippen molar-refractivity contribution in [2.45, 2.75) is 23.9 Å². The summed E-state index contributed by atoms with van der Waals surface area (Å²) in [4.78, 5) is 0. The van der Waals surface area contributed by atoms with Crippen molar-refractivity contribution in [2.75, 3.05) is 0 Å². The van der Waals surface area contributed by atoms with Crippen molar-refractivity contribution in [3.8, 4) is 11.6 Å². The van der Waals surface area contributed by atoms with Gasteiger partial charge in [-0.15, -0.1) is 10.2 Å². The summed E-state index contributed by atoms with van der Waals surface area (Å²) < 4.78 is 7.69. The highest BCUT2D eigenvalue weighted by molar-refractivity contribution is 7.99. The first-order valence-corrected chi connectivity index (χ1v) is 9.42. The minimum Gasteiger partial charge on any atom is -0.461 e. The Hall–Kier alpha value is -2.79. The van der Waals surface area contributed by atoms with Crippen LogP contribution in [0.4, 0.5) is 0 Å². The third kappa shape index (κ3) is 3.58. The van der Waals surface area contributed by atoms with Crippen LogP contribution in [0.15, 0.2) is 88.6 Å². The van der Waals surface area contributed by atoms with Crippen molar-refractivity contribution < 1.29 is 4.42 Å². The summed E-state index contributed by atoms with van der Waals surface area (Å²) in [5.74, 6) is 1.48. The normalized spacial score (nSPS) is 12.2. The van der Waals surface area contributed by atoms with Crippen LogP contribution in [0.1, 0.15) is 23.3 Å². The van der Waals surface area contributed by atoms with Crippen molar-refractivity contribution in [3.05, 3.63) is 90.2 Å². The summed E-state index contributed by atoms with van der Waals surface area (Å²) in [6.45, 7) is 2.89. The molecule has 5 heteroatoms. The second kappa shape index (κ2) is 7.62. The number of aromatic nitrogens is 3. The number of hydrogen-bond acceptors (Lipinski definition) is 4. The van der Waals surface area contributed by atoms with Gasteiger partial charge >= 0.3 is 0 Å². The fraction of sp³-hybridized carbons (Fsp3) is 0.143. The lowest BCUT2D eigenvalue weighted by Crippen LogP contribution is -2.04. The van der Waals surface area contributed by atoms with E-state index in [1.54, 1.807) is 18.0 Å². The summed E-state index contributed by atoms with van der Waals surface area (Å²) in [6, 6.07) is 24.6. The van der Waals surface area contributed by atoms with E-state index in [2.05, 4.69) is 58.1 Å². The fourth-order valence-corrected chi connectivity index (χ4v) is 3.80. The van der Waals surface area contributed by atoms with E-state index in [1.165, 1.54) is 11.1 Å². The Morgan fingerprint density at radius 1 is 0.923 bits per heavy atom. The summed E-state index contributed by atoms with van der Waals surface area (Å²) >= 11 is 1.71. The quantitative estimate of drug-likeness (QED) is 0.429. The van der Waals surface area contributed by atoms with Crippen molar-refractivity contribution in [3.63, 3.8) is 0 Å². The maximum atomic E-state index is 5.57. The van der Waals surface area contributed by atoms with Gasteiger partial charge in [-0.3, -0.25) is 4.57 Å². The van der Waals surface area contributed by atoms with Crippen molar-refractivity contribution in [1.29, 1.82) is 0 Å². The van der Waals surface area contributed by atoms with E-state index in [0.29, 0.717) is 6.54 Å². The van der Waals surface area contributed by atoms with Gasteiger partial charge in [-0.1, -0.05) is 72.4 Å². The van der Waals surface area contributed by atoms with Crippen LogP contribution < -0.4 is 0 Å². The first-order valence-electron chi connectivity index (χ1n) is 8.54. The minimum atomic E-state index is 0.277. The van der Waals surface area contributed by atoms with Crippen LogP contribution in [0.3, 0.4) is 0 Å². The van der Waals surface area contributed by atoms with Crippen LogP contribution in [0.5, 0.6) is 0 Å². The van der Waals surface area contributed by atoms with Gasteiger partial charge in [-0.2, -0.15) is 0 Å². The van der Waals surface area contributed by atoms with Gasteiger partial charge in [-0.05, 0) is 30.2 Å². The summed E-state index contributed by atoms with van der Waals surface area (Å²) in [7, 11) is 0. The molecule has 0 amide bonds. The Kier molecular flexibility index (Phi) is 4.88. The van der Waals surface area contributed by atoms with E-state index in [4.69, 9.17) is 4.42 Å². The molecule has 4 rings (SSSR count). The second-order valence-corrected chi connectivity index (χ2v) is 7.33. The summed E-state index contributed by atoms with van der Waals surface area (Å²) in [5.41, 5.74) is 2.47. The van der Waals surface area contributed by atoms with Crippen LogP contribution in [-0.2, 0) is 6.54 Å². The van der Waals surface area contributed by atoms with E-state index in [1.807, 2.05) is 36.4 Å². The zero-order chi connectivity index (χ0) is 17.8. The standard InChI is InChI=1S/C21H19N3OS/c1-16(18-11-6-3-7-12-18)26-21-23-22-20(19-13-8-14-25-19)24(21)15-17-9-4-2-5-10-17/h2-14,16H,15H2,1H3/t16-/m1/s1. The number of thioether (sulfide) groups is 1. The molecule has 0 saturated carbocycles. The van der Waals surface area contributed by atoms with Crippen molar-refractivity contribution >= 4 is 11.8 Å². The van der Waals surface area contributed by atoms with Gasteiger partial charge in [-0.25, -0.2) is 0 Å². The van der Waals surface area contributed by atoms with E-state index in [0.717, 1.165) is 16.7 Å². The molecule has 0 aliphatic heterocycles. The molecule has 0 saturated heterocycles. The minimum absolute atomic E-state index is 0.277. The molecule has 2 aromatic heterocycles. The highest BCUT2D eigenvalue weighted by Crippen LogP contribution is 2.35. The van der Waals surface area contributed by atoms with Crippen LogP contribution in [-0.4, -0.2) is 14.8 Å². The van der Waals surface area contributed by atoms with Gasteiger partial charge < -0.3 is 4.42 Å². The number of rotatable bonds is 6. The molecular formula is C21H19N3OS. The first-order chi connectivity index (χ1) is 12.8. The van der Waals surface area contributed by atoms with Gasteiger partial charge in [0.05, 0.1) is 12.8 Å². The molecule has 4 nitrogen and oxygen atoms in total. The number of nitrogens with zero attached hydrogens (tertiary/aromatic N) is 3. The predicted octanol–water partition coefficient (Wildman–Crippen LogP) is 5.44. The molecule has 0 radical (unpaired) electrons. The smallest absolute Gasteiger partial charge is 0.200 e. The topological polar surface area (TPSA) is 43.9 Å². The molecule has 0 N–H and O–H groups in total. The molecule has 0 spiro atoms. The monoisotopic (exact) mass is 361 g/mol. The lowest BCUT2D eigenvalue weighted by atomic mass is 10.2. The zero-order valence-electron chi connectivity index (χ0n) is 14.4. The molecule has 0 fully saturated rings. The maximum absolute atomic E-state index is 5.57. The molecule has 130 valence electrons. The molecule has 2 aromatic carbocycles. The van der Waals surface area contributed by atoms with E-state index < -0.39 is 0 Å². The predicted molar refractivity (Wildman–Crippen MR) is 104 cm³/mol. The largest absolute Gasteiger partial charge is 0.461 e. The zero-order valence-corrected chi connectivity index (χ0v) is 15.3. The van der Waals surface area contributed by atoms with Gasteiger partial charge in [0.25, 0.3) is 0 Å². The number of hydrogen-bond donors (Lipinski definition) is 0. The summed E-state index contributed by atoms with van der Waals surface area (Å²) in [5, 5.41) is 10.0. The van der Waals surface area contributed by atoms with E-state index >= 15 is 0 Å². The Balaban J connectivity index is 1.68. The van der Waals surface area contributed by atoms with Crippen molar-refractivity contribution in [2.24, 2.45) is 0 Å². The number of furan rings is 1. The SMILES string of the molecule is C[C@@H](Sc1nnc(-c2ccco2)n1Cc1ccccc1)c1ccccc1. The van der Waals surface area contributed by atoms with Crippen LogP contribution >= 0.6 is 11.8 Å². The lowest BCUT2D eigenvalue weighted by Gasteiger charge is -2.13. The van der Waals surface area contributed by atoms with Crippen LogP contribution in [0.25, 0.3) is 11.6 Å². The Morgan fingerprint density at radius 3 is 2.35 bits per heavy atom. The highest BCUT2D eigenvalue weighted by atomic mass is 32.2. The van der Waals surface area contributed by atoms with Gasteiger partial charge in [0.1, 0.15) is 0 Å². The second-order valence-electron chi connectivity index (χ2n) is 6.03. The molecule has 26 heavy (non-hydrogen) atoms. The maximum Gasteiger partial charge on any atom is 0.200 e. The van der Waals surface area contributed by atoms with Crippen LogP contribution in [0.2, 0.25) is 0 Å². The molecular weight excluding hydrogens is 342 g/mol. The van der Waals surface area contributed by atoms with Crippen LogP contribution in [0, 0.1) is 0 Å². The van der Waals surface area contributed by atoms with Gasteiger partial charge in [0, 0.05) is 5.25 Å². The molecule has 0 unspecified atom stereocenters. The van der Waals surface area contributed by atoms with E-state index in [-0.39, 0.29) is 5.25 Å². The Morgan fingerprint density at radius 2 is 1.65 bits per heavy atom. The first kappa shape index (κ1) is 16.7. The van der Waals surface area contributed by atoms with Gasteiger partial charge in [0.2, 0.25) is 5.82 Å². The molecule has 4 aromatic rings. The number of benzene rings is 2. The molecule has 2 heterocycles. The lowest BCUT2D eigenvalue weighted by molar-refractivity contribution is 0.569. The third-order valence-electron chi connectivity index (χ3n) is 4.19. The van der Waals surface area contributed by atoms with Gasteiger partial charge in [0.15, 0.2) is 10.9 Å². The van der Waals surface area contributed by atoms with Crippen molar-refractivity contribution in [1.82, 2.24) is 14.8 Å². The fourth-order valence-electron chi connectivity index (χ4n) is 2.82. The third-order valence-corrected chi connectivity index (χ3v) is 5.33. The average Bonchev–Trinajstić information content (AvgIpc) is 3.34. The molecule has 0 aliphatic carbocycles. The average molecular weight is 361 g/mol. The van der Waals surface area contributed by atoms with E-state index in [9.17, 15) is 0 Å². The Labute approximate surface area is 156 Å². The Bertz CT molecular complexity index is 950. The molecule has 1 atom stereocenters. The molecule has 0 aliphatic rings. The highest BCUT2D eigenvalue weighted by Gasteiger charge is 2.19. The molecule has 0 bridgehead atoms. The summed E-state index contributed by atoms with van der Waals surface area (Å²) in [6.07, 6.45) is 1.66.